The molecule has 3 aromatic carbocycles. The van der Waals surface area contributed by atoms with Crippen molar-refractivity contribution in [2.75, 3.05) is 12.1 Å². The molecule has 0 radical (unpaired) electrons. The van der Waals surface area contributed by atoms with Crippen molar-refractivity contribution in [1.82, 2.24) is 0 Å². The Morgan fingerprint density at radius 2 is 1.68 bits per heavy atom. The second kappa shape index (κ2) is 7.52. The summed E-state index contributed by atoms with van der Waals surface area (Å²) in [5, 5.41) is 17.8. The molecule has 6 heteroatoms. The third kappa shape index (κ3) is 3.44. The highest BCUT2D eigenvalue weighted by molar-refractivity contribution is 6.03. The maximum Gasteiger partial charge on any atom is 0.269 e. The topological polar surface area (TPSA) is 68.0 Å². The summed E-state index contributed by atoms with van der Waals surface area (Å²) in [5.74, 6) is 0.799. The summed E-state index contributed by atoms with van der Waals surface area (Å²) >= 11 is 0. The van der Waals surface area contributed by atoms with Gasteiger partial charge in [-0.3, -0.25) is 15.1 Å². The Hall–Kier alpha value is -3.67. The van der Waals surface area contributed by atoms with Crippen LogP contribution in [0.5, 0.6) is 5.75 Å². The van der Waals surface area contributed by atoms with Gasteiger partial charge in [0.1, 0.15) is 5.75 Å². The molecule has 0 N–H and O–H groups in total. The number of ether oxygens (including phenoxy) is 1. The summed E-state index contributed by atoms with van der Waals surface area (Å²) in [5.41, 5.74) is 4.05. The fourth-order valence-electron chi connectivity index (χ4n) is 3.37. The average Bonchev–Trinajstić information content (AvgIpc) is 3.20. The van der Waals surface area contributed by atoms with Crippen molar-refractivity contribution in [3.63, 3.8) is 0 Å². The average molecular weight is 373 g/mol. The van der Waals surface area contributed by atoms with E-state index in [0.717, 1.165) is 34.7 Å². The van der Waals surface area contributed by atoms with Crippen LogP contribution in [-0.2, 0) is 0 Å². The second-order valence-electron chi connectivity index (χ2n) is 6.52. The molecule has 0 saturated carbocycles. The normalized spacial score (nSPS) is 16.0. The molecule has 1 aliphatic heterocycles. The van der Waals surface area contributed by atoms with Crippen molar-refractivity contribution in [1.29, 1.82) is 0 Å². The van der Waals surface area contributed by atoms with Crippen molar-refractivity contribution in [2.45, 2.75) is 12.5 Å². The second-order valence-corrected chi connectivity index (χ2v) is 6.52. The quantitative estimate of drug-likeness (QED) is 0.468. The van der Waals surface area contributed by atoms with E-state index in [1.807, 2.05) is 59.6 Å². The van der Waals surface area contributed by atoms with Crippen LogP contribution >= 0.6 is 0 Å². The van der Waals surface area contributed by atoms with E-state index in [0.29, 0.717) is 0 Å². The zero-order valence-corrected chi connectivity index (χ0v) is 15.4. The number of non-ortho nitro benzene ring substituents is 1. The summed E-state index contributed by atoms with van der Waals surface area (Å²) in [6.07, 6.45) is 0.743. The Bertz CT molecular complexity index is 999. The molecule has 1 heterocycles. The monoisotopic (exact) mass is 373 g/mol. The lowest BCUT2D eigenvalue weighted by Gasteiger charge is -2.24. The van der Waals surface area contributed by atoms with Gasteiger partial charge in [-0.1, -0.05) is 42.5 Å². The number of hydrogen-bond acceptors (Lipinski definition) is 5. The van der Waals surface area contributed by atoms with Gasteiger partial charge < -0.3 is 4.74 Å². The molecule has 4 rings (SSSR count). The first kappa shape index (κ1) is 17.7. The van der Waals surface area contributed by atoms with Gasteiger partial charge in [0.05, 0.1) is 29.5 Å². The molecular formula is C22H19N3O3. The highest BCUT2D eigenvalue weighted by atomic mass is 16.6. The number of nitro benzene ring substituents is 1. The van der Waals surface area contributed by atoms with Crippen molar-refractivity contribution >= 4 is 17.1 Å². The molecule has 140 valence electrons. The first-order valence-corrected chi connectivity index (χ1v) is 8.96. The number of methoxy groups -OCH3 is 1. The van der Waals surface area contributed by atoms with Crippen molar-refractivity contribution < 1.29 is 9.66 Å². The van der Waals surface area contributed by atoms with Crippen LogP contribution in [0.3, 0.4) is 0 Å². The number of nitrogens with zero attached hydrogens (tertiary/aromatic N) is 3. The molecule has 0 unspecified atom stereocenters. The minimum atomic E-state index is -0.395. The van der Waals surface area contributed by atoms with E-state index < -0.39 is 4.92 Å². The molecule has 28 heavy (non-hydrogen) atoms. The molecular weight excluding hydrogens is 354 g/mol. The van der Waals surface area contributed by atoms with Gasteiger partial charge >= 0.3 is 0 Å². The van der Waals surface area contributed by atoms with Crippen LogP contribution in [-0.4, -0.2) is 17.7 Å². The van der Waals surface area contributed by atoms with Crippen LogP contribution in [0, 0.1) is 10.1 Å². The lowest BCUT2D eigenvalue weighted by Crippen LogP contribution is -2.18. The maximum absolute atomic E-state index is 11.0. The molecule has 0 fully saturated rings. The molecule has 1 atom stereocenters. The van der Waals surface area contributed by atoms with E-state index in [1.54, 1.807) is 19.2 Å². The molecule has 6 nitrogen and oxygen atoms in total. The third-order valence-corrected chi connectivity index (χ3v) is 4.84. The fourth-order valence-corrected chi connectivity index (χ4v) is 3.37. The Labute approximate surface area is 162 Å². The maximum atomic E-state index is 11.0. The van der Waals surface area contributed by atoms with Gasteiger partial charge in [0.25, 0.3) is 5.69 Å². The molecule has 0 amide bonds. The lowest BCUT2D eigenvalue weighted by atomic mass is 9.98. The van der Waals surface area contributed by atoms with Gasteiger partial charge in [-0.15, -0.1) is 0 Å². The van der Waals surface area contributed by atoms with Crippen LogP contribution in [0.1, 0.15) is 23.6 Å². The number of nitro groups is 1. The van der Waals surface area contributed by atoms with E-state index in [-0.39, 0.29) is 11.7 Å². The predicted molar refractivity (Wildman–Crippen MR) is 109 cm³/mol. The summed E-state index contributed by atoms with van der Waals surface area (Å²) in [6, 6.07) is 24.5. The van der Waals surface area contributed by atoms with Gasteiger partial charge in [0.15, 0.2) is 0 Å². The first-order chi connectivity index (χ1) is 13.7. The van der Waals surface area contributed by atoms with Crippen LogP contribution in [0.2, 0.25) is 0 Å². The van der Waals surface area contributed by atoms with Gasteiger partial charge in [-0.2, -0.15) is 5.10 Å². The van der Waals surface area contributed by atoms with E-state index in [9.17, 15) is 10.1 Å². The minimum absolute atomic E-state index is 0.00238. The fraction of sp³-hybridized carbons (Fsp3) is 0.136. The number of anilines is 1. The number of hydrazone groups is 1. The molecule has 0 saturated heterocycles. The van der Waals surface area contributed by atoms with E-state index in [4.69, 9.17) is 9.84 Å². The largest absolute Gasteiger partial charge is 0.497 e. The predicted octanol–water partition coefficient (Wildman–Crippen LogP) is 4.96. The highest BCUT2D eigenvalue weighted by Gasteiger charge is 2.30. The molecule has 0 spiro atoms. The van der Waals surface area contributed by atoms with Crippen LogP contribution in [0.25, 0.3) is 0 Å². The van der Waals surface area contributed by atoms with Crippen LogP contribution in [0.4, 0.5) is 11.4 Å². The Balaban J connectivity index is 1.72. The molecule has 3 aromatic rings. The molecule has 0 aliphatic carbocycles. The zero-order valence-electron chi connectivity index (χ0n) is 15.4. The van der Waals surface area contributed by atoms with Crippen molar-refractivity contribution in [3.05, 3.63) is 100 Å². The van der Waals surface area contributed by atoms with E-state index >= 15 is 0 Å². The Morgan fingerprint density at radius 1 is 1.00 bits per heavy atom. The van der Waals surface area contributed by atoms with Gasteiger partial charge in [-0.05, 0) is 35.4 Å². The summed E-state index contributed by atoms with van der Waals surface area (Å²) in [4.78, 5) is 10.6. The highest BCUT2D eigenvalue weighted by Crippen LogP contribution is 2.37. The summed E-state index contributed by atoms with van der Waals surface area (Å²) in [7, 11) is 1.64. The first-order valence-electron chi connectivity index (χ1n) is 8.96. The minimum Gasteiger partial charge on any atom is -0.497 e. The zero-order chi connectivity index (χ0) is 19.5. The van der Waals surface area contributed by atoms with Gasteiger partial charge in [0.2, 0.25) is 0 Å². The molecule has 0 aromatic heterocycles. The van der Waals surface area contributed by atoms with Gasteiger partial charge in [0, 0.05) is 18.6 Å². The van der Waals surface area contributed by atoms with Crippen molar-refractivity contribution in [2.24, 2.45) is 5.10 Å². The van der Waals surface area contributed by atoms with Crippen LogP contribution in [0.15, 0.2) is 84.0 Å². The number of rotatable bonds is 5. The molecule has 0 bridgehead atoms. The smallest absolute Gasteiger partial charge is 0.269 e. The Kier molecular flexibility index (Phi) is 4.76. The van der Waals surface area contributed by atoms with Crippen molar-refractivity contribution in [3.8, 4) is 5.75 Å². The van der Waals surface area contributed by atoms with Gasteiger partial charge in [-0.25, -0.2) is 0 Å². The Morgan fingerprint density at radius 3 is 2.29 bits per heavy atom. The van der Waals surface area contributed by atoms with E-state index in [2.05, 4.69) is 0 Å². The summed E-state index contributed by atoms with van der Waals surface area (Å²) < 4.78 is 5.26. The number of hydrogen-bond donors (Lipinski definition) is 0. The van der Waals surface area contributed by atoms with E-state index in [1.165, 1.54) is 12.1 Å². The number of benzene rings is 3. The summed E-state index contributed by atoms with van der Waals surface area (Å²) in [6.45, 7) is 0. The molecule has 1 aliphatic rings. The van der Waals surface area contributed by atoms with Crippen LogP contribution < -0.4 is 9.75 Å². The lowest BCUT2D eigenvalue weighted by molar-refractivity contribution is -0.384. The third-order valence-electron chi connectivity index (χ3n) is 4.84. The standard InChI is InChI=1S/C22H19N3O3/c1-28-20-13-7-17(8-14-20)22-15-21(16-5-3-2-4-6-16)23-24(22)18-9-11-19(12-10-18)25(26)27/h2-14,22H,15H2,1H3/t22-/m1/s1. The SMILES string of the molecule is COc1ccc([C@H]2CC(c3ccccc3)=NN2c2ccc([N+](=O)[O-])cc2)cc1.